The molecule has 1 aromatic rings. The number of hydrogen-bond acceptors (Lipinski definition) is 10. The van der Waals surface area contributed by atoms with Crippen LogP contribution in [0.4, 0.5) is 0 Å². The van der Waals surface area contributed by atoms with Gasteiger partial charge >= 0.3 is 0 Å². The third-order valence-electron chi connectivity index (χ3n) is 11.1. The summed E-state index contributed by atoms with van der Waals surface area (Å²) in [5.74, 6) is -3.87. The van der Waals surface area contributed by atoms with Gasteiger partial charge in [-0.05, 0) is 68.6 Å². The fourth-order valence-corrected chi connectivity index (χ4v) is 9.53. The highest BCUT2D eigenvalue weighted by Crippen LogP contribution is 2.37. The lowest BCUT2D eigenvalue weighted by Gasteiger charge is -2.38. The highest BCUT2D eigenvalue weighted by molar-refractivity contribution is 8.00. The molecule has 2 saturated heterocycles. The van der Waals surface area contributed by atoms with E-state index in [1.807, 2.05) is 0 Å². The summed E-state index contributed by atoms with van der Waals surface area (Å²) in [4.78, 5) is 104. The van der Waals surface area contributed by atoms with Gasteiger partial charge < -0.3 is 60.2 Å². The van der Waals surface area contributed by atoms with E-state index in [1.165, 1.54) is 23.6 Å². The minimum Gasteiger partial charge on any atom is -0.370 e. The van der Waals surface area contributed by atoms with E-state index in [-0.39, 0.29) is 67.7 Å². The average Bonchev–Trinajstić information content (AvgIpc) is 3.66. The van der Waals surface area contributed by atoms with Crippen LogP contribution in [0.2, 0.25) is 5.02 Å². The number of carbonyl (C=O) groups excluding carboxylic acids is 7. The van der Waals surface area contributed by atoms with Gasteiger partial charge in [-0.2, -0.15) is 0 Å². The number of thioether (sulfide) groups is 1. The Morgan fingerprint density at radius 3 is 1.90 bits per heavy atom. The highest BCUT2D eigenvalue weighted by atomic mass is 35.5. The van der Waals surface area contributed by atoms with Gasteiger partial charge in [0.25, 0.3) is 0 Å². The maximum absolute atomic E-state index is 14.2. The second kappa shape index (κ2) is 24.4. The van der Waals surface area contributed by atoms with Crippen LogP contribution in [-0.2, 0) is 40.0 Å². The molecular formula is C40H62ClN13O7S. The molecular weight excluding hydrogens is 842 g/mol. The Balaban J connectivity index is 1.47. The van der Waals surface area contributed by atoms with Gasteiger partial charge in [-0.3, -0.25) is 43.5 Å². The van der Waals surface area contributed by atoms with Crippen LogP contribution in [0.25, 0.3) is 0 Å². The Bertz CT molecular complexity index is 1810. The quantitative estimate of drug-likeness (QED) is 0.0379. The Kier molecular flexibility index (Phi) is 19.4. The molecule has 20 nitrogen and oxygen atoms in total. The maximum atomic E-state index is 14.2. The average molecular weight is 905 g/mol. The zero-order chi connectivity index (χ0) is 45.3. The van der Waals surface area contributed by atoms with Gasteiger partial charge in [0, 0.05) is 37.2 Å². The third-order valence-corrected chi connectivity index (χ3v) is 12.7. The Morgan fingerprint density at radius 1 is 0.758 bits per heavy atom. The Hall–Kier alpha value is -5.31. The first-order chi connectivity index (χ1) is 29.5. The molecule has 342 valence electrons. The molecule has 0 aromatic heterocycles. The number of nitrogens with zero attached hydrogens (tertiary/aromatic N) is 3. The number of hydrogen-bond donors (Lipinski definition) is 10. The minimum absolute atomic E-state index is 0.0744. The van der Waals surface area contributed by atoms with Crippen LogP contribution >= 0.6 is 23.4 Å². The van der Waals surface area contributed by atoms with Crippen LogP contribution in [0.15, 0.2) is 34.3 Å². The largest absolute Gasteiger partial charge is 0.370 e. The van der Waals surface area contributed by atoms with Crippen molar-refractivity contribution in [1.29, 1.82) is 0 Å². The van der Waals surface area contributed by atoms with Crippen LogP contribution in [-0.4, -0.2) is 119 Å². The molecule has 15 N–H and O–H groups in total. The van der Waals surface area contributed by atoms with Crippen molar-refractivity contribution in [3.8, 4) is 0 Å². The summed E-state index contributed by atoms with van der Waals surface area (Å²) in [6.45, 7) is 1.70. The zero-order valence-electron chi connectivity index (χ0n) is 35.1. The number of amides is 7. The SMILES string of the molecule is CC(=O)N[C@@H](CCCN=C(N)N)C(=O)N[C@H](CC1CCCCC1)C(=O)N[C@H]1CC[C@@H]2SC[C@@H](C(=O)N[C@H](CCCN=C(N)N)C(=O)NC(Cc3ccc(Cl)cc3)C(N)=O)N2C1=O. The molecule has 2 heterocycles. The Labute approximate surface area is 370 Å². The molecule has 3 aliphatic rings. The minimum atomic E-state index is -1.15. The predicted molar refractivity (Wildman–Crippen MR) is 237 cm³/mol. The lowest BCUT2D eigenvalue weighted by atomic mass is 9.84. The molecule has 2 aliphatic heterocycles. The van der Waals surface area contributed by atoms with Crippen LogP contribution < -0.4 is 55.3 Å². The van der Waals surface area contributed by atoms with Crippen LogP contribution in [0.3, 0.4) is 0 Å². The first kappa shape index (κ1) is 49.3. The molecule has 0 radical (unpaired) electrons. The molecule has 1 aliphatic carbocycles. The van der Waals surface area contributed by atoms with Gasteiger partial charge in [0.15, 0.2) is 11.9 Å². The lowest BCUT2D eigenvalue weighted by Crippen LogP contribution is -2.62. The van der Waals surface area contributed by atoms with E-state index in [4.69, 9.17) is 40.3 Å². The van der Waals surface area contributed by atoms with E-state index in [0.29, 0.717) is 36.3 Å². The fourth-order valence-electron chi connectivity index (χ4n) is 7.97. The first-order valence-electron chi connectivity index (χ1n) is 21.1. The number of piperidine rings is 1. The third kappa shape index (κ3) is 15.5. The van der Waals surface area contributed by atoms with Gasteiger partial charge in [0.1, 0.15) is 36.3 Å². The number of fused-ring (bicyclic) bond motifs is 1. The zero-order valence-corrected chi connectivity index (χ0v) is 36.7. The van der Waals surface area contributed by atoms with Crippen LogP contribution in [0.5, 0.6) is 0 Å². The van der Waals surface area contributed by atoms with E-state index in [0.717, 1.165) is 32.1 Å². The van der Waals surface area contributed by atoms with Crippen LogP contribution in [0, 0.1) is 5.92 Å². The maximum Gasteiger partial charge on any atom is 0.246 e. The number of guanidine groups is 2. The van der Waals surface area contributed by atoms with Gasteiger partial charge in [0.05, 0.1) is 5.37 Å². The number of nitrogens with one attached hydrogen (secondary N) is 5. The summed E-state index contributed by atoms with van der Waals surface area (Å²) < 4.78 is 0. The van der Waals surface area contributed by atoms with E-state index in [2.05, 4.69) is 36.6 Å². The molecule has 0 bridgehead atoms. The molecule has 1 saturated carbocycles. The van der Waals surface area contributed by atoms with E-state index < -0.39 is 77.6 Å². The number of benzene rings is 1. The summed E-state index contributed by atoms with van der Waals surface area (Å²) in [7, 11) is 0. The van der Waals surface area contributed by atoms with Crippen molar-refractivity contribution in [2.24, 2.45) is 44.6 Å². The molecule has 22 heteroatoms. The van der Waals surface area contributed by atoms with Crippen LogP contribution in [0.1, 0.15) is 89.5 Å². The number of halogens is 1. The number of carbonyl (C=O) groups is 7. The number of nitrogens with two attached hydrogens (primary N) is 5. The van der Waals surface area contributed by atoms with Crippen molar-refractivity contribution < 1.29 is 33.6 Å². The van der Waals surface area contributed by atoms with Gasteiger partial charge in [-0.1, -0.05) is 55.8 Å². The molecule has 7 amide bonds. The fraction of sp³-hybridized carbons (Fsp3) is 0.625. The van der Waals surface area contributed by atoms with Crippen molar-refractivity contribution in [1.82, 2.24) is 31.5 Å². The molecule has 3 fully saturated rings. The summed E-state index contributed by atoms with van der Waals surface area (Å²) >= 11 is 7.43. The summed E-state index contributed by atoms with van der Waals surface area (Å²) in [5, 5.41) is 14.0. The van der Waals surface area contributed by atoms with E-state index >= 15 is 0 Å². The number of primary amides is 1. The molecule has 62 heavy (non-hydrogen) atoms. The van der Waals surface area contributed by atoms with Crippen molar-refractivity contribution >= 4 is 76.6 Å². The van der Waals surface area contributed by atoms with E-state index in [9.17, 15) is 33.6 Å². The normalized spacial score (nSPS) is 20.6. The predicted octanol–water partition coefficient (Wildman–Crippen LogP) is -1.05. The summed E-state index contributed by atoms with van der Waals surface area (Å²) in [6, 6.07) is 0.505. The first-order valence-corrected chi connectivity index (χ1v) is 22.5. The molecule has 1 unspecified atom stereocenters. The molecule has 7 atom stereocenters. The topological polar surface area (TPSA) is 338 Å². The van der Waals surface area contributed by atoms with Gasteiger partial charge in [-0.25, -0.2) is 0 Å². The van der Waals surface area contributed by atoms with E-state index in [1.54, 1.807) is 24.3 Å². The highest BCUT2D eigenvalue weighted by Gasteiger charge is 2.48. The van der Waals surface area contributed by atoms with Gasteiger partial charge in [0.2, 0.25) is 41.4 Å². The standard InChI is InChI=1S/C40H62ClN13O7S/c1-22(55)49-26(9-5-17-47-39(43)44)34(57)53-30(20-23-7-3-2-4-8-23)36(59)51-28-15-16-32-54(38(28)61)31(21-62-32)37(60)50-27(10-6-18-48-40(45)46)35(58)52-29(33(42)56)19-24-11-13-25(41)14-12-24/h11-14,23,26-32H,2-10,15-21H2,1H3,(H2,42,56)(H,49,55)(H,50,60)(H,51,59)(H,52,58)(H,53,57)(H4,43,44,47)(H4,45,46,48)/t26-,27+,28-,29?,30+,31-,32-/m0/s1. The van der Waals surface area contributed by atoms with Crippen molar-refractivity contribution in [2.75, 3.05) is 18.8 Å². The summed E-state index contributed by atoms with van der Waals surface area (Å²) in [6.07, 6.45) is 7.02. The molecule has 4 rings (SSSR count). The number of aliphatic imine (C=N–C) groups is 2. The van der Waals surface area contributed by atoms with Crippen molar-refractivity contribution in [3.05, 3.63) is 34.9 Å². The van der Waals surface area contributed by atoms with Crippen molar-refractivity contribution in [3.63, 3.8) is 0 Å². The monoisotopic (exact) mass is 903 g/mol. The molecule has 0 spiro atoms. The van der Waals surface area contributed by atoms with Gasteiger partial charge in [-0.15, -0.1) is 11.8 Å². The molecule has 1 aromatic carbocycles. The Morgan fingerprint density at radius 2 is 1.34 bits per heavy atom. The second-order valence-electron chi connectivity index (χ2n) is 16.0. The summed E-state index contributed by atoms with van der Waals surface area (Å²) in [5.41, 5.74) is 28.2. The number of rotatable bonds is 22. The van der Waals surface area contributed by atoms with Crippen molar-refractivity contribution in [2.45, 2.75) is 132 Å². The lowest BCUT2D eigenvalue weighted by molar-refractivity contribution is -0.146. The second-order valence-corrected chi connectivity index (χ2v) is 17.6. The smallest absolute Gasteiger partial charge is 0.246 e.